The van der Waals surface area contributed by atoms with Gasteiger partial charge in [-0.1, -0.05) is 12.1 Å². The highest BCUT2D eigenvalue weighted by Crippen LogP contribution is 2.25. The number of amides is 1. The van der Waals surface area contributed by atoms with Crippen molar-refractivity contribution in [2.45, 2.75) is 38.6 Å². The van der Waals surface area contributed by atoms with Gasteiger partial charge in [0, 0.05) is 38.5 Å². The Morgan fingerprint density at radius 3 is 3.04 bits per heavy atom. The Morgan fingerprint density at radius 1 is 1.40 bits per heavy atom. The van der Waals surface area contributed by atoms with E-state index in [9.17, 15) is 4.79 Å². The monoisotopic (exact) mass is 458 g/mol. The zero-order chi connectivity index (χ0) is 16.8. The second-order valence-corrected chi connectivity index (χ2v) is 6.24. The van der Waals surface area contributed by atoms with Crippen LogP contribution in [0, 0.1) is 0 Å². The smallest absolute Gasteiger partial charge is 0.220 e. The first-order valence-corrected chi connectivity index (χ1v) is 8.80. The predicted octanol–water partition coefficient (Wildman–Crippen LogP) is 1.62. The van der Waals surface area contributed by atoms with E-state index in [4.69, 9.17) is 4.74 Å². The highest BCUT2D eigenvalue weighted by atomic mass is 127. The number of nitrogens with one attached hydrogen (secondary N) is 3. The van der Waals surface area contributed by atoms with Crippen LogP contribution in [-0.2, 0) is 17.6 Å². The summed E-state index contributed by atoms with van der Waals surface area (Å²) < 4.78 is 5.54. The highest BCUT2D eigenvalue weighted by Gasteiger charge is 2.18. The molecule has 1 fully saturated rings. The quantitative estimate of drug-likeness (QED) is 0.356. The van der Waals surface area contributed by atoms with Gasteiger partial charge in [0.1, 0.15) is 5.75 Å². The van der Waals surface area contributed by atoms with Gasteiger partial charge < -0.3 is 20.7 Å². The molecule has 6 nitrogen and oxygen atoms in total. The van der Waals surface area contributed by atoms with Gasteiger partial charge in [-0.05, 0) is 37.0 Å². The van der Waals surface area contributed by atoms with Crippen LogP contribution in [0.1, 0.15) is 30.9 Å². The number of piperidine rings is 1. The predicted molar refractivity (Wildman–Crippen MR) is 110 cm³/mol. The summed E-state index contributed by atoms with van der Waals surface area (Å²) in [5.74, 6) is 1.98. The Balaban J connectivity index is 0.00000225. The first-order valence-electron chi connectivity index (χ1n) is 8.80. The molecule has 0 aromatic heterocycles. The molecule has 2 heterocycles. The van der Waals surface area contributed by atoms with Crippen LogP contribution in [0.15, 0.2) is 23.2 Å². The lowest BCUT2D eigenvalue weighted by Gasteiger charge is -2.25. The first kappa shape index (κ1) is 19.8. The van der Waals surface area contributed by atoms with Gasteiger partial charge in [0.15, 0.2) is 5.96 Å². The molecular weight excluding hydrogens is 431 g/mol. The summed E-state index contributed by atoms with van der Waals surface area (Å²) in [5.41, 5.74) is 2.60. The number of hydrogen-bond donors (Lipinski definition) is 3. The molecule has 1 saturated heterocycles. The largest absolute Gasteiger partial charge is 0.493 e. The maximum absolute atomic E-state index is 11.2. The topological polar surface area (TPSA) is 74.8 Å². The summed E-state index contributed by atoms with van der Waals surface area (Å²) in [6, 6.07) is 6.67. The molecule has 0 saturated carbocycles. The van der Waals surface area contributed by atoms with Crippen molar-refractivity contribution in [1.82, 2.24) is 16.0 Å². The Hall–Kier alpha value is -1.51. The minimum absolute atomic E-state index is 0. The summed E-state index contributed by atoms with van der Waals surface area (Å²) in [4.78, 5) is 15.9. The average Bonchev–Trinajstić information content (AvgIpc) is 3.05. The van der Waals surface area contributed by atoms with Crippen molar-refractivity contribution in [2.24, 2.45) is 4.99 Å². The standard InChI is InChI=1S/C18H26N4O2.HI/c1-2-19-18(22-15-4-6-17(23)21-12-15)20-9-7-13-3-5-16-14(11-13)8-10-24-16;/h3,5,11,15H,2,4,6-10,12H2,1H3,(H,21,23)(H2,19,20,22);1H. The molecule has 7 heteroatoms. The fourth-order valence-corrected chi connectivity index (χ4v) is 3.06. The number of halogens is 1. The molecule has 138 valence electrons. The van der Waals surface area contributed by atoms with Crippen LogP contribution in [0.25, 0.3) is 0 Å². The number of fused-ring (bicyclic) bond motifs is 1. The molecule has 1 unspecified atom stereocenters. The molecule has 2 aliphatic heterocycles. The van der Waals surface area contributed by atoms with Crippen molar-refractivity contribution >= 4 is 35.8 Å². The van der Waals surface area contributed by atoms with Gasteiger partial charge in [-0.25, -0.2) is 0 Å². The molecule has 1 aromatic rings. The van der Waals surface area contributed by atoms with Gasteiger partial charge in [0.2, 0.25) is 5.91 Å². The van der Waals surface area contributed by atoms with E-state index in [1.807, 2.05) is 0 Å². The van der Waals surface area contributed by atoms with Gasteiger partial charge in [-0.3, -0.25) is 9.79 Å². The third-order valence-electron chi connectivity index (χ3n) is 4.37. The van der Waals surface area contributed by atoms with E-state index in [1.165, 1.54) is 11.1 Å². The normalized spacial score (nSPS) is 19.3. The van der Waals surface area contributed by atoms with Crippen molar-refractivity contribution in [3.8, 4) is 5.75 Å². The second-order valence-electron chi connectivity index (χ2n) is 6.24. The summed E-state index contributed by atoms with van der Waals surface area (Å²) in [5, 5.41) is 9.57. The number of carbonyl (C=O) groups is 1. The summed E-state index contributed by atoms with van der Waals surface area (Å²) >= 11 is 0. The van der Waals surface area contributed by atoms with E-state index in [0.717, 1.165) is 50.7 Å². The first-order chi connectivity index (χ1) is 11.7. The van der Waals surface area contributed by atoms with Crippen LogP contribution in [0.5, 0.6) is 5.75 Å². The van der Waals surface area contributed by atoms with Gasteiger partial charge in [-0.15, -0.1) is 24.0 Å². The van der Waals surface area contributed by atoms with Crippen molar-refractivity contribution < 1.29 is 9.53 Å². The molecule has 3 rings (SSSR count). The van der Waals surface area contributed by atoms with E-state index in [-0.39, 0.29) is 35.9 Å². The fourth-order valence-electron chi connectivity index (χ4n) is 3.06. The van der Waals surface area contributed by atoms with Crippen molar-refractivity contribution in [3.05, 3.63) is 29.3 Å². The van der Waals surface area contributed by atoms with Gasteiger partial charge in [0.25, 0.3) is 0 Å². The molecule has 1 amide bonds. The zero-order valence-electron chi connectivity index (χ0n) is 14.6. The average molecular weight is 458 g/mol. The maximum atomic E-state index is 11.2. The van der Waals surface area contributed by atoms with Crippen LogP contribution in [0.2, 0.25) is 0 Å². The van der Waals surface area contributed by atoms with E-state index in [1.54, 1.807) is 0 Å². The zero-order valence-corrected chi connectivity index (χ0v) is 17.0. The van der Waals surface area contributed by atoms with E-state index >= 15 is 0 Å². The van der Waals surface area contributed by atoms with Gasteiger partial charge in [0.05, 0.1) is 6.61 Å². The minimum atomic E-state index is 0. The molecule has 1 aromatic carbocycles. The summed E-state index contributed by atoms with van der Waals surface area (Å²) in [6.45, 7) is 5.06. The van der Waals surface area contributed by atoms with Crippen molar-refractivity contribution in [2.75, 3.05) is 26.2 Å². The molecule has 3 N–H and O–H groups in total. The molecule has 0 bridgehead atoms. The maximum Gasteiger partial charge on any atom is 0.220 e. The lowest BCUT2D eigenvalue weighted by Crippen LogP contribution is -2.51. The SMILES string of the molecule is CCNC(=NCCc1ccc2c(c1)CCO2)NC1CCC(=O)NC1.I. The number of aliphatic imine (C=N–C) groups is 1. The lowest BCUT2D eigenvalue weighted by atomic mass is 10.1. The van der Waals surface area contributed by atoms with Crippen LogP contribution in [0.4, 0.5) is 0 Å². The Morgan fingerprint density at radius 2 is 2.28 bits per heavy atom. The van der Waals surface area contributed by atoms with Crippen molar-refractivity contribution in [3.63, 3.8) is 0 Å². The lowest BCUT2D eigenvalue weighted by molar-refractivity contribution is -0.122. The van der Waals surface area contributed by atoms with E-state index < -0.39 is 0 Å². The van der Waals surface area contributed by atoms with Crippen LogP contribution in [0.3, 0.4) is 0 Å². The molecular formula is C18H27IN4O2. The molecule has 25 heavy (non-hydrogen) atoms. The molecule has 0 aliphatic carbocycles. The Labute approximate surface area is 166 Å². The fraction of sp³-hybridized carbons (Fsp3) is 0.556. The number of guanidine groups is 1. The number of rotatable bonds is 5. The number of ether oxygens (including phenoxy) is 1. The van der Waals surface area contributed by atoms with Crippen LogP contribution < -0.4 is 20.7 Å². The molecule has 2 aliphatic rings. The van der Waals surface area contributed by atoms with E-state index in [2.05, 4.69) is 46.1 Å². The Bertz CT molecular complexity index is 611. The highest BCUT2D eigenvalue weighted by molar-refractivity contribution is 14.0. The number of nitrogens with zero attached hydrogens (tertiary/aromatic N) is 1. The minimum Gasteiger partial charge on any atom is -0.493 e. The van der Waals surface area contributed by atoms with Gasteiger partial charge >= 0.3 is 0 Å². The van der Waals surface area contributed by atoms with E-state index in [0.29, 0.717) is 13.0 Å². The molecule has 1 atom stereocenters. The second kappa shape index (κ2) is 9.84. The third kappa shape index (κ3) is 5.76. The number of benzene rings is 1. The van der Waals surface area contributed by atoms with Gasteiger partial charge in [-0.2, -0.15) is 0 Å². The van der Waals surface area contributed by atoms with Crippen LogP contribution >= 0.6 is 24.0 Å². The Kier molecular flexibility index (Phi) is 7.80. The summed E-state index contributed by atoms with van der Waals surface area (Å²) in [7, 11) is 0. The van der Waals surface area contributed by atoms with Crippen LogP contribution in [-0.4, -0.2) is 44.1 Å². The molecule has 0 radical (unpaired) electrons. The number of carbonyl (C=O) groups excluding carboxylic acids is 1. The third-order valence-corrected chi connectivity index (χ3v) is 4.37. The molecule has 0 spiro atoms. The van der Waals surface area contributed by atoms with Crippen molar-refractivity contribution in [1.29, 1.82) is 0 Å². The number of hydrogen-bond acceptors (Lipinski definition) is 3. The summed E-state index contributed by atoms with van der Waals surface area (Å²) in [6.07, 6.45) is 3.34.